The largest absolute Gasteiger partial charge is 0.304 e. The normalized spacial score (nSPS) is 12.1. The molecule has 0 heterocycles. The molecular formula is C14H19N. The van der Waals surface area contributed by atoms with Crippen molar-refractivity contribution in [3.63, 3.8) is 0 Å². The summed E-state index contributed by atoms with van der Waals surface area (Å²) in [6.07, 6.45) is 7.43. The summed E-state index contributed by atoms with van der Waals surface area (Å²) < 4.78 is 0. The molecule has 0 spiro atoms. The summed E-state index contributed by atoms with van der Waals surface area (Å²) in [5.41, 5.74) is 2.72. The van der Waals surface area contributed by atoms with Gasteiger partial charge in [0.1, 0.15) is 0 Å². The van der Waals surface area contributed by atoms with Crippen molar-refractivity contribution < 1.29 is 0 Å². The maximum Gasteiger partial charge on any atom is 0.0575 e. The lowest BCUT2D eigenvalue weighted by molar-refractivity contribution is 0.546. The Morgan fingerprint density at radius 3 is 2.60 bits per heavy atom. The van der Waals surface area contributed by atoms with Crippen LogP contribution < -0.4 is 5.32 Å². The van der Waals surface area contributed by atoms with Gasteiger partial charge in [-0.25, -0.2) is 0 Å². The summed E-state index contributed by atoms with van der Waals surface area (Å²) in [6, 6.07) is 9.21. The first-order chi connectivity index (χ1) is 7.22. The SMILES string of the molecule is C#CCNC(C)CCc1ccc(C)cc1. The molecule has 0 aromatic heterocycles. The van der Waals surface area contributed by atoms with E-state index in [0.717, 1.165) is 12.8 Å². The van der Waals surface area contributed by atoms with Crippen molar-refractivity contribution in [3.8, 4) is 12.3 Å². The molecule has 15 heavy (non-hydrogen) atoms. The predicted molar refractivity (Wildman–Crippen MR) is 65.8 cm³/mol. The summed E-state index contributed by atoms with van der Waals surface area (Å²) >= 11 is 0. The molecule has 1 heteroatoms. The minimum absolute atomic E-state index is 0.488. The number of rotatable bonds is 5. The predicted octanol–water partition coefficient (Wildman–Crippen LogP) is 2.54. The number of hydrogen-bond donors (Lipinski definition) is 1. The molecule has 0 aliphatic rings. The summed E-state index contributed by atoms with van der Waals surface area (Å²) in [5, 5.41) is 3.28. The fraction of sp³-hybridized carbons (Fsp3) is 0.429. The van der Waals surface area contributed by atoms with Gasteiger partial charge in [0.05, 0.1) is 6.54 Å². The lowest BCUT2D eigenvalue weighted by atomic mass is 10.0. The summed E-state index contributed by atoms with van der Waals surface area (Å²) in [5.74, 6) is 2.59. The molecule has 0 saturated carbocycles. The fourth-order valence-corrected chi connectivity index (χ4v) is 1.47. The number of hydrogen-bond acceptors (Lipinski definition) is 1. The van der Waals surface area contributed by atoms with Gasteiger partial charge in [-0.2, -0.15) is 0 Å². The van der Waals surface area contributed by atoms with E-state index in [1.54, 1.807) is 0 Å². The highest BCUT2D eigenvalue weighted by atomic mass is 14.9. The second-order valence-electron chi connectivity index (χ2n) is 4.01. The number of benzene rings is 1. The van der Waals surface area contributed by atoms with Crippen LogP contribution in [0, 0.1) is 19.3 Å². The summed E-state index contributed by atoms with van der Waals surface area (Å²) in [6.45, 7) is 4.95. The molecule has 0 saturated heterocycles. The van der Waals surface area contributed by atoms with Crippen molar-refractivity contribution in [2.24, 2.45) is 0 Å². The summed E-state index contributed by atoms with van der Waals surface area (Å²) in [4.78, 5) is 0. The third-order valence-electron chi connectivity index (χ3n) is 2.54. The molecule has 1 aromatic carbocycles. The van der Waals surface area contributed by atoms with Gasteiger partial charge in [0.25, 0.3) is 0 Å². The van der Waals surface area contributed by atoms with Gasteiger partial charge in [0.2, 0.25) is 0 Å². The van der Waals surface area contributed by atoms with Crippen molar-refractivity contribution in [3.05, 3.63) is 35.4 Å². The maximum absolute atomic E-state index is 5.19. The van der Waals surface area contributed by atoms with E-state index in [2.05, 4.69) is 49.4 Å². The topological polar surface area (TPSA) is 12.0 Å². The Bertz CT molecular complexity index is 318. The first kappa shape index (κ1) is 11.8. The Morgan fingerprint density at radius 1 is 1.33 bits per heavy atom. The number of terminal acetylenes is 1. The molecule has 0 aliphatic carbocycles. The van der Waals surface area contributed by atoms with E-state index < -0.39 is 0 Å². The molecule has 0 aliphatic heterocycles. The third kappa shape index (κ3) is 4.67. The van der Waals surface area contributed by atoms with Crippen LogP contribution in [0.25, 0.3) is 0 Å². The van der Waals surface area contributed by atoms with Gasteiger partial charge in [0, 0.05) is 6.04 Å². The molecule has 1 N–H and O–H groups in total. The highest BCUT2D eigenvalue weighted by molar-refractivity contribution is 5.21. The molecular weight excluding hydrogens is 182 g/mol. The quantitative estimate of drug-likeness (QED) is 0.722. The smallest absolute Gasteiger partial charge is 0.0575 e. The zero-order valence-corrected chi connectivity index (χ0v) is 9.59. The van der Waals surface area contributed by atoms with E-state index in [1.165, 1.54) is 11.1 Å². The lowest BCUT2D eigenvalue weighted by Crippen LogP contribution is -2.26. The van der Waals surface area contributed by atoms with Gasteiger partial charge in [-0.1, -0.05) is 35.7 Å². The average Bonchev–Trinajstić information content (AvgIpc) is 2.25. The van der Waals surface area contributed by atoms with Gasteiger partial charge in [0.15, 0.2) is 0 Å². The molecule has 1 unspecified atom stereocenters. The Balaban J connectivity index is 2.31. The third-order valence-corrected chi connectivity index (χ3v) is 2.54. The van der Waals surface area contributed by atoms with Crippen LogP contribution in [0.4, 0.5) is 0 Å². The Kier molecular flexibility index (Phi) is 4.93. The molecule has 1 nitrogen and oxygen atoms in total. The maximum atomic E-state index is 5.19. The molecule has 0 radical (unpaired) electrons. The lowest BCUT2D eigenvalue weighted by Gasteiger charge is -2.11. The van der Waals surface area contributed by atoms with Crippen molar-refractivity contribution in [2.75, 3.05) is 6.54 Å². The van der Waals surface area contributed by atoms with E-state index in [9.17, 15) is 0 Å². The van der Waals surface area contributed by atoms with E-state index in [4.69, 9.17) is 6.42 Å². The minimum Gasteiger partial charge on any atom is -0.304 e. The Hall–Kier alpha value is -1.26. The van der Waals surface area contributed by atoms with Crippen LogP contribution >= 0.6 is 0 Å². The molecule has 1 aromatic rings. The molecule has 1 rings (SSSR count). The number of aryl methyl sites for hydroxylation is 2. The van der Waals surface area contributed by atoms with Gasteiger partial charge in [-0.05, 0) is 32.3 Å². The Labute approximate surface area is 92.9 Å². The van der Waals surface area contributed by atoms with E-state index in [1.807, 2.05) is 0 Å². The zero-order chi connectivity index (χ0) is 11.1. The second-order valence-corrected chi connectivity index (χ2v) is 4.01. The molecule has 80 valence electrons. The van der Waals surface area contributed by atoms with Crippen molar-refractivity contribution >= 4 is 0 Å². The second kappa shape index (κ2) is 6.27. The Morgan fingerprint density at radius 2 is 2.00 bits per heavy atom. The van der Waals surface area contributed by atoms with Gasteiger partial charge >= 0.3 is 0 Å². The van der Waals surface area contributed by atoms with E-state index in [0.29, 0.717) is 12.6 Å². The van der Waals surface area contributed by atoms with E-state index >= 15 is 0 Å². The molecule has 0 fully saturated rings. The van der Waals surface area contributed by atoms with Crippen molar-refractivity contribution in [2.45, 2.75) is 32.7 Å². The van der Waals surface area contributed by atoms with Crippen LogP contribution in [-0.2, 0) is 6.42 Å². The van der Waals surface area contributed by atoms with Crippen LogP contribution in [0.1, 0.15) is 24.5 Å². The van der Waals surface area contributed by atoms with Gasteiger partial charge in [-0.3, -0.25) is 0 Å². The number of nitrogens with one attached hydrogen (secondary N) is 1. The van der Waals surface area contributed by atoms with Crippen LogP contribution in [0.2, 0.25) is 0 Å². The first-order valence-electron chi connectivity index (χ1n) is 5.44. The first-order valence-corrected chi connectivity index (χ1v) is 5.44. The van der Waals surface area contributed by atoms with Crippen molar-refractivity contribution in [1.29, 1.82) is 0 Å². The minimum atomic E-state index is 0.488. The van der Waals surface area contributed by atoms with Crippen LogP contribution in [0.5, 0.6) is 0 Å². The standard InChI is InChI=1S/C14H19N/c1-4-11-15-13(3)7-10-14-8-5-12(2)6-9-14/h1,5-6,8-9,13,15H,7,10-11H2,2-3H3. The average molecular weight is 201 g/mol. The zero-order valence-electron chi connectivity index (χ0n) is 9.59. The molecule has 0 bridgehead atoms. The fourth-order valence-electron chi connectivity index (χ4n) is 1.47. The highest BCUT2D eigenvalue weighted by Crippen LogP contribution is 2.07. The monoisotopic (exact) mass is 201 g/mol. The van der Waals surface area contributed by atoms with Gasteiger partial charge in [-0.15, -0.1) is 6.42 Å². The van der Waals surface area contributed by atoms with Crippen LogP contribution in [0.15, 0.2) is 24.3 Å². The van der Waals surface area contributed by atoms with Crippen LogP contribution in [-0.4, -0.2) is 12.6 Å². The molecule has 1 atom stereocenters. The molecule has 0 amide bonds. The van der Waals surface area contributed by atoms with Crippen LogP contribution in [0.3, 0.4) is 0 Å². The van der Waals surface area contributed by atoms with Gasteiger partial charge < -0.3 is 5.32 Å². The van der Waals surface area contributed by atoms with Crippen molar-refractivity contribution in [1.82, 2.24) is 5.32 Å². The van der Waals surface area contributed by atoms with E-state index in [-0.39, 0.29) is 0 Å². The summed E-state index contributed by atoms with van der Waals surface area (Å²) in [7, 11) is 0. The highest BCUT2D eigenvalue weighted by Gasteiger charge is 2.00.